The fourth-order valence-corrected chi connectivity index (χ4v) is 3.78. The molecule has 0 aromatic heterocycles. The van der Waals surface area contributed by atoms with Crippen molar-refractivity contribution in [1.29, 1.82) is 0 Å². The largest absolute Gasteiger partial charge is 0.355 e. The number of nitrogens with two attached hydrogens (primary N) is 1. The summed E-state index contributed by atoms with van der Waals surface area (Å²) in [7, 11) is 0. The number of rotatable bonds is 5. The zero-order chi connectivity index (χ0) is 14.5. The number of nitrogens with zero attached hydrogens (tertiary/aromatic N) is 1. The molecule has 2 unspecified atom stereocenters. The van der Waals surface area contributed by atoms with Gasteiger partial charge < -0.3 is 11.1 Å². The molecule has 1 aliphatic heterocycles. The second-order valence-electron chi connectivity index (χ2n) is 6.79. The molecule has 0 aromatic carbocycles. The van der Waals surface area contributed by atoms with Crippen LogP contribution in [0, 0.1) is 5.92 Å². The number of hydrogen-bond acceptors (Lipinski definition) is 3. The zero-order valence-electron chi connectivity index (χ0n) is 13.9. The fraction of sp³-hybridized carbons (Fsp3) is 0.938. The molecule has 22 heavy (non-hydrogen) atoms. The maximum absolute atomic E-state index is 12.0. The Labute approximate surface area is 147 Å². The Morgan fingerprint density at radius 2 is 1.95 bits per heavy atom. The Balaban J connectivity index is 0.00000220. The normalized spacial score (nSPS) is 30.0. The van der Waals surface area contributed by atoms with Crippen molar-refractivity contribution < 1.29 is 4.79 Å². The van der Waals surface area contributed by atoms with E-state index in [1.807, 2.05) is 0 Å². The van der Waals surface area contributed by atoms with Gasteiger partial charge in [-0.05, 0) is 52.0 Å². The van der Waals surface area contributed by atoms with Crippen molar-refractivity contribution in [3.8, 4) is 0 Å². The van der Waals surface area contributed by atoms with Crippen LogP contribution < -0.4 is 11.1 Å². The summed E-state index contributed by atoms with van der Waals surface area (Å²) in [5.41, 5.74) is 6.03. The van der Waals surface area contributed by atoms with E-state index in [0.29, 0.717) is 24.4 Å². The average molecular weight is 354 g/mol. The fourth-order valence-electron chi connectivity index (χ4n) is 3.78. The highest BCUT2D eigenvalue weighted by atomic mass is 35.5. The maximum Gasteiger partial charge on any atom is 0.220 e. The summed E-state index contributed by atoms with van der Waals surface area (Å²) >= 11 is 0. The molecule has 0 spiro atoms. The van der Waals surface area contributed by atoms with Crippen LogP contribution in [0.5, 0.6) is 0 Å². The average Bonchev–Trinajstić information content (AvgIpc) is 2.82. The van der Waals surface area contributed by atoms with E-state index in [9.17, 15) is 4.79 Å². The van der Waals surface area contributed by atoms with Gasteiger partial charge in [0, 0.05) is 31.1 Å². The van der Waals surface area contributed by atoms with Gasteiger partial charge in [-0.3, -0.25) is 9.69 Å². The molecule has 2 fully saturated rings. The minimum atomic E-state index is 0. The predicted octanol–water partition coefficient (Wildman–Crippen LogP) is 2.73. The Kier molecular flexibility index (Phi) is 10.7. The van der Waals surface area contributed by atoms with E-state index in [0.717, 1.165) is 19.4 Å². The highest BCUT2D eigenvalue weighted by molar-refractivity contribution is 5.85. The monoisotopic (exact) mass is 353 g/mol. The molecule has 1 aliphatic carbocycles. The first kappa shape index (κ1) is 22.0. The molecule has 6 heteroatoms. The van der Waals surface area contributed by atoms with Gasteiger partial charge in [0.25, 0.3) is 0 Å². The number of halogens is 2. The van der Waals surface area contributed by atoms with Gasteiger partial charge in [0.15, 0.2) is 0 Å². The molecule has 2 aliphatic rings. The van der Waals surface area contributed by atoms with E-state index in [4.69, 9.17) is 5.73 Å². The molecular formula is C16H33Cl2N3O. The number of piperidine rings is 1. The van der Waals surface area contributed by atoms with Crippen LogP contribution in [0.3, 0.4) is 0 Å². The molecule has 4 nitrogen and oxygen atoms in total. The van der Waals surface area contributed by atoms with Crippen LogP contribution in [0.1, 0.15) is 58.8 Å². The zero-order valence-corrected chi connectivity index (χ0v) is 15.6. The van der Waals surface area contributed by atoms with Crippen LogP contribution in [0.4, 0.5) is 0 Å². The Morgan fingerprint density at radius 3 is 2.55 bits per heavy atom. The summed E-state index contributed by atoms with van der Waals surface area (Å²) in [6.45, 7) is 6.47. The molecule has 0 bridgehead atoms. The highest BCUT2D eigenvalue weighted by Gasteiger charge is 2.27. The van der Waals surface area contributed by atoms with E-state index in [1.165, 1.54) is 32.2 Å². The van der Waals surface area contributed by atoms with E-state index < -0.39 is 0 Å². The Hall–Kier alpha value is -0.0300. The first-order valence-corrected chi connectivity index (χ1v) is 8.36. The summed E-state index contributed by atoms with van der Waals surface area (Å²) in [6.07, 6.45) is 7.92. The number of likely N-dealkylation sites (tertiary alicyclic amines) is 1. The van der Waals surface area contributed by atoms with E-state index in [1.54, 1.807) is 0 Å². The molecule has 0 radical (unpaired) electrons. The van der Waals surface area contributed by atoms with Crippen LogP contribution >= 0.6 is 24.8 Å². The molecule has 0 aromatic rings. The third-order valence-electron chi connectivity index (χ3n) is 5.18. The van der Waals surface area contributed by atoms with Crippen LogP contribution in [0.15, 0.2) is 0 Å². The standard InChI is InChI=1S/C16H31N3O.2ClH/c1-12-6-3-4-9-19(12)13(2)11-18-16(20)10-14-7-5-8-15(14)17;;/h12-15H,3-11,17H2,1-2H3,(H,18,20);2*1H/t12?,13?,14-,15+;;/m0../s1. The van der Waals surface area contributed by atoms with E-state index in [2.05, 4.69) is 24.1 Å². The number of amides is 1. The van der Waals surface area contributed by atoms with Crippen LogP contribution in [-0.2, 0) is 4.79 Å². The van der Waals surface area contributed by atoms with Gasteiger partial charge >= 0.3 is 0 Å². The SMILES string of the molecule is CC1CCCCN1C(C)CNC(=O)C[C@@H]1CCC[C@H]1N.Cl.Cl. The van der Waals surface area contributed by atoms with Crippen molar-refractivity contribution >= 4 is 30.7 Å². The number of carbonyl (C=O) groups is 1. The third-order valence-corrected chi connectivity index (χ3v) is 5.18. The highest BCUT2D eigenvalue weighted by Crippen LogP contribution is 2.26. The maximum atomic E-state index is 12.0. The molecule has 4 atom stereocenters. The first-order valence-electron chi connectivity index (χ1n) is 8.36. The lowest BCUT2D eigenvalue weighted by Gasteiger charge is -2.38. The van der Waals surface area contributed by atoms with Crippen molar-refractivity contribution in [1.82, 2.24) is 10.2 Å². The smallest absolute Gasteiger partial charge is 0.220 e. The van der Waals surface area contributed by atoms with Crippen LogP contribution in [0.25, 0.3) is 0 Å². The van der Waals surface area contributed by atoms with Crippen molar-refractivity contribution in [3.63, 3.8) is 0 Å². The second-order valence-corrected chi connectivity index (χ2v) is 6.79. The topological polar surface area (TPSA) is 58.4 Å². The number of carbonyl (C=O) groups excluding carboxylic acids is 1. The van der Waals surface area contributed by atoms with Gasteiger partial charge in [0.05, 0.1) is 0 Å². The number of nitrogens with one attached hydrogen (secondary N) is 1. The summed E-state index contributed by atoms with van der Waals surface area (Å²) in [6, 6.07) is 1.32. The quantitative estimate of drug-likeness (QED) is 0.798. The minimum absolute atomic E-state index is 0. The van der Waals surface area contributed by atoms with Crippen LogP contribution in [-0.4, -0.2) is 42.0 Å². The molecule has 2 rings (SSSR count). The molecule has 1 saturated heterocycles. The lowest BCUT2D eigenvalue weighted by atomic mass is 9.99. The van der Waals surface area contributed by atoms with Crippen molar-refractivity contribution in [2.75, 3.05) is 13.1 Å². The first-order chi connectivity index (χ1) is 9.58. The summed E-state index contributed by atoms with van der Waals surface area (Å²) in [5.74, 6) is 0.586. The Bertz CT molecular complexity index is 331. The summed E-state index contributed by atoms with van der Waals surface area (Å²) < 4.78 is 0. The predicted molar refractivity (Wildman–Crippen MR) is 96.9 cm³/mol. The molecule has 1 amide bonds. The molecule has 1 heterocycles. The lowest BCUT2D eigenvalue weighted by Crippen LogP contribution is -2.48. The Morgan fingerprint density at radius 1 is 1.23 bits per heavy atom. The van der Waals surface area contributed by atoms with Gasteiger partial charge in [-0.1, -0.05) is 12.8 Å². The minimum Gasteiger partial charge on any atom is -0.355 e. The van der Waals surface area contributed by atoms with Gasteiger partial charge in [0.1, 0.15) is 0 Å². The van der Waals surface area contributed by atoms with Crippen molar-refractivity contribution in [2.45, 2.75) is 76.9 Å². The third kappa shape index (κ3) is 6.23. The van der Waals surface area contributed by atoms with Gasteiger partial charge in [-0.2, -0.15) is 0 Å². The number of hydrogen-bond donors (Lipinski definition) is 2. The summed E-state index contributed by atoms with van der Waals surface area (Å²) in [5, 5.41) is 3.11. The van der Waals surface area contributed by atoms with Crippen LogP contribution in [0.2, 0.25) is 0 Å². The molecule has 1 saturated carbocycles. The van der Waals surface area contributed by atoms with E-state index >= 15 is 0 Å². The van der Waals surface area contributed by atoms with E-state index in [-0.39, 0.29) is 36.8 Å². The summed E-state index contributed by atoms with van der Waals surface area (Å²) in [4.78, 5) is 14.6. The van der Waals surface area contributed by atoms with Gasteiger partial charge in [-0.25, -0.2) is 0 Å². The van der Waals surface area contributed by atoms with Gasteiger partial charge in [0.2, 0.25) is 5.91 Å². The molecule has 132 valence electrons. The van der Waals surface area contributed by atoms with Crippen molar-refractivity contribution in [2.24, 2.45) is 11.7 Å². The van der Waals surface area contributed by atoms with Crippen molar-refractivity contribution in [3.05, 3.63) is 0 Å². The molecular weight excluding hydrogens is 321 g/mol. The molecule has 3 N–H and O–H groups in total. The van der Waals surface area contributed by atoms with Gasteiger partial charge in [-0.15, -0.1) is 24.8 Å². The lowest BCUT2D eigenvalue weighted by molar-refractivity contribution is -0.122. The second kappa shape index (κ2) is 10.7.